The lowest BCUT2D eigenvalue weighted by Crippen LogP contribution is -2.50. The summed E-state index contributed by atoms with van der Waals surface area (Å²) < 4.78 is 10.7. The van der Waals surface area contributed by atoms with Gasteiger partial charge in [-0.2, -0.15) is 0 Å². The number of carbonyl (C=O) groups excluding carboxylic acids is 1. The number of rotatable bonds is 7. The van der Waals surface area contributed by atoms with Crippen LogP contribution in [0.15, 0.2) is 53.7 Å². The van der Waals surface area contributed by atoms with Crippen LogP contribution in [0.2, 0.25) is 0 Å². The van der Waals surface area contributed by atoms with Crippen LogP contribution in [-0.2, 0) is 4.79 Å². The predicted octanol–water partition coefficient (Wildman–Crippen LogP) is 3.99. The molecule has 0 fully saturated rings. The molecule has 0 saturated carbocycles. The first-order valence-electron chi connectivity index (χ1n) is 10.5. The molecule has 170 valence electrons. The molecule has 2 N–H and O–H groups in total. The monoisotopic (exact) mass is 455 g/mol. The van der Waals surface area contributed by atoms with Gasteiger partial charge in [-0.25, -0.2) is 0 Å². The van der Waals surface area contributed by atoms with Crippen molar-refractivity contribution in [3.8, 4) is 17.2 Å². The Balaban J connectivity index is 2.21. The third-order valence-electron chi connectivity index (χ3n) is 5.63. The fourth-order valence-corrected chi connectivity index (χ4v) is 4.30. The molecule has 0 saturated heterocycles. The summed E-state index contributed by atoms with van der Waals surface area (Å²) in [5.74, 6) is 0.908. The highest BCUT2D eigenvalue weighted by molar-refractivity contribution is 7.80. The lowest BCUT2D eigenvalue weighted by Gasteiger charge is -2.39. The van der Waals surface area contributed by atoms with Gasteiger partial charge >= 0.3 is 0 Å². The number of hydrogen-bond donors (Lipinski definition) is 2. The van der Waals surface area contributed by atoms with Crippen LogP contribution in [0, 0.1) is 0 Å². The van der Waals surface area contributed by atoms with Crippen LogP contribution in [0.1, 0.15) is 32.4 Å². The van der Waals surface area contributed by atoms with E-state index in [0.717, 1.165) is 5.69 Å². The summed E-state index contributed by atoms with van der Waals surface area (Å²) in [5.41, 5.74) is 2.71. The molecule has 3 rings (SSSR count). The number of likely N-dealkylation sites (N-methyl/N-ethyl adjacent to an activating group) is 1. The number of hydrogen-bond acceptors (Lipinski definition) is 5. The number of methoxy groups -OCH3 is 2. The molecule has 1 atom stereocenters. The Labute approximate surface area is 194 Å². The van der Waals surface area contributed by atoms with Crippen molar-refractivity contribution in [2.24, 2.45) is 0 Å². The van der Waals surface area contributed by atoms with Crippen molar-refractivity contribution in [2.45, 2.75) is 26.8 Å². The van der Waals surface area contributed by atoms with Gasteiger partial charge in [0.05, 0.1) is 31.5 Å². The number of phenols is 1. The van der Waals surface area contributed by atoms with Gasteiger partial charge in [-0.3, -0.25) is 9.69 Å². The van der Waals surface area contributed by atoms with Gasteiger partial charge in [0.2, 0.25) is 0 Å². The minimum Gasteiger partial charge on any atom is -0.504 e. The molecule has 1 aliphatic rings. The fourth-order valence-electron chi connectivity index (χ4n) is 3.94. The molecule has 8 heteroatoms. The second-order valence-corrected chi connectivity index (χ2v) is 7.68. The lowest BCUT2D eigenvalue weighted by molar-refractivity contribution is -0.127. The Hall–Kier alpha value is -3.26. The predicted molar refractivity (Wildman–Crippen MR) is 129 cm³/mol. The summed E-state index contributed by atoms with van der Waals surface area (Å²) in [6, 6.07) is 12.1. The number of para-hydroxylation sites is 2. The number of allylic oxidation sites excluding steroid dienone is 1. The van der Waals surface area contributed by atoms with E-state index in [2.05, 4.69) is 5.32 Å². The summed E-state index contributed by atoms with van der Waals surface area (Å²) in [4.78, 5) is 17.2. The largest absolute Gasteiger partial charge is 0.504 e. The molecular weight excluding hydrogens is 426 g/mol. The maximum absolute atomic E-state index is 13.6. The number of amides is 1. The molecule has 2 aromatic rings. The normalized spacial score (nSPS) is 16.0. The molecule has 0 aliphatic carbocycles. The highest BCUT2D eigenvalue weighted by Gasteiger charge is 2.37. The zero-order valence-electron chi connectivity index (χ0n) is 19.0. The number of nitrogens with one attached hydrogen (secondary N) is 1. The van der Waals surface area contributed by atoms with E-state index in [1.54, 1.807) is 24.1 Å². The van der Waals surface area contributed by atoms with Gasteiger partial charge in [-0.15, -0.1) is 0 Å². The van der Waals surface area contributed by atoms with E-state index < -0.39 is 6.04 Å². The summed E-state index contributed by atoms with van der Waals surface area (Å²) in [5, 5.41) is 14.1. The second-order valence-electron chi connectivity index (χ2n) is 7.30. The van der Waals surface area contributed by atoms with Crippen LogP contribution in [0.5, 0.6) is 17.2 Å². The second kappa shape index (κ2) is 9.91. The molecule has 1 amide bonds. The van der Waals surface area contributed by atoms with Crippen molar-refractivity contribution in [1.82, 2.24) is 10.2 Å². The Morgan fingerprint density at radius 1 is 1.12 bits per heavy atom. The van der Waals surface area contributed by atoms with Crippen LogP contribution in [0.4, 0.5) is 5.69 Å². The minimum absolute atomic E-state index is 0.00262. The van der Waals surface area contributed by atoms with E-state index >= 15 is 0 Å². The number of ether oxygens (including phenoxy) is 2. The van der Waals surface area contributed by atoms with E-state index in [9.17, 15) is 9.90 Å². The maximum Gasteiger partial charge on any atom is 0.253 e. The number of carbonyl (C=O) groups is 1. The third-order valence-corrected chi connectivity index (χ3v) is 5.93. The van der Waals surface area contributed by atoms with Crippen LogP contribution in [-0.4, -0.2) is 48.3 Å². The number of phenolic OH excluding ortho intramolecular Hbond substituents is 1. The van der Waals surface area contributed by atoms with Gasteiger partial charge in [0.1, 0.15) is 5.75 Å². The fraction of sp³-hybridized carbons (Fsp3) is 0.333. The van der Waals surface area contributed by atoms with Gasteiger partial charge < -0.3 is 24.8 Å². The van der Waals surface area contributed by atoms with Crippen LogP contribution >= 0.6 is 12.2 Å². The lowest BCUT2D eigenvalue weighted by atomic mass is 9.93. The average Bonchev–Trinajstić information content (AvgIpc) is 2.79. The topological polar surface area (TPSA) is 74.3 Å². The first-order valence-corrected chi connectivity index (χ1v) is 10.9. The smallest absolute Gasteiger partial charge is 0.253 e. The Kier molecular flexibility index (Phi) is 7.25. The SMILES string of the molecule is CCN(CC)C(=O)C1=C(C)N(c2ccccc2OC)C(=S)NC1c1ccc(OC)c(O)c1. The summed E-state index contributed by atoms with van der Waals surface area (Å²) >= 11 is 5.73. The first kappa shape index (κ1) is 23.4. The van der Waals surface area contributed by atoms with Gasteiger partial charge in [-0.05, 0) is 62.8 Å². The number of thiocarbonyl (C=S) groups is 1. The van der Waals surface area contributed by atoms with Crippen LogP contribution < -0.4 is 19.7 Å². The van der Waals surface area contributed by atoms with Gasteiger partial charge in [-0.1, -0.05) is 18.2 Å². The number of aromatic hydroxyl groups is 1. The van der Waals surface area contributed by atoms with Gasteiger partial charge in [0.25, 0.3) is 5.91 Å². The van der Waals surface area contributed by atoms with E-state index in [0.29, 0.717) is 46.5 Å². The van der Waals surface area contributed by atoms with E-state index in [1.807, 2.05) is 56.0 Å². The van der Waals surface area contributed by atoms with Crippen molar-refractivity contribution in [3.05, 3.63) is 59.3 Å². The molecule has 0 spiro atoms. The maximum atomic E-state index is 13.6. The highest BCUT2D eigenvalue weighted by atomic mass is 32.1. The molecule has 32 heavy (non-hydrogen) atoms. The first-order chi connectivity index (χ1) is 15.4. The average molecular weight is 456 g/mol. The zero-order chi connectivity index (χ0) is 23.4. The van der Waals surface area contributed by atoms with E-state index in [4.69, 9.17) is 21.7 Å². The summed E-state index contributed by atoms with van der Waals surface area (Å²) in [7, 11) is 3.09. The molecule has 1 unspecified atom stereocenters. The highest BCUT2D eigenvalue weighted by Crippen LogP contribution is 2.39. The molecule has 0 bridgehead atoms. The van der Waals surface area contributed by atoms with Crippen molar-refractivity contribution in [1.29, 1.82) is 0 Å². The van der Waals surface area contributed by atoms with Crippen LogP contribution in [0.25, 0.3) is 0 Å². The number of anilines is 1. The zero-order valence-corrected chi connectivity index (χ0v) is 19.8. The summed E-state index contributed by atoms with van der Waals surface area (Å²) in [6.07, 6.45) is 0. The van der Waals surface area contributed by atoms with Crippen molar-refractivity contribution in [2.75, 3.05) is 32.2 Å². The number of nitrogens with zero attached hydrogens (tertiary/aromatic N) is 2. The Morgan fingerprint density at radius 2 is 1.78 bits per heavy atom. The summed E-state index contributed by atoms with van der Waals surface area (Å²) in [6.45, 7) is 6.93. The van der Waals surface area contributed by atoms with Crippen molar-refractivity contribution < 1.29 is 19.4 Å². The minimum atomic E-state index is -0.529. The molecular formula is C24H29N3O4S. The van der Waals surface area contributed by atoms with Gasteiger partial charge in [0.15, 0.2) is 16.6 Å². The van der Waals surface area contributed by atoms with E-state index in [-0.39, 0.29) is 11.7 Å². The Morgan fingerprint density at radius 3 is 2.38 bits per heavy atom. The van der Waals surface area contributed by atoms with E-state index in [1.165, 1.54) is 7.11 Å². The third kappa shape index (κ3) is 4.23. The van der Waals surface area contributed by atoms with Crippen molar-refractivity contribution in [3.63, 3.8) is 0 Å². The Bertz CT molecular complexity index is 1050. The molecule has 1 aliphatic heterocycles. The molecule has 7 nitrogen and oxygen atoms in total. The van der Waals surface area contributed by atoms with Crippen LogP contribution in [0.3, 0.4) is 0 Å². The molecule has 0 radical (unpaired) electrons. The number of benzene rings is 2. The van der Waals surface area contributed by atoms with Gasteiger partial charge in [0, 0.05) is 18.8 Å². The molecule has 2 aromatic carbocycles. The quantitative estimate of drug-likeness (QED) is 0.612. The standard InChI is InChI=1S/C24H29N3O4S/c1-6-26(7-2)23(29)21-15(3)27(17-10-8-9-11-19(17)30-4)24(32)25-22(21)16-12-13-20(31-5)18(28)14-16/h8-14,22,28H,6-7H2,1-5H3,(H,25,32). The molecule has 0 aromatic heterocycles. The molecule has 1 heterocycles. The van der Waals surface area contributed by atoms with Crippen molar-refractivity contribution >= 4 is 28.9 Å².